The van der Waals surface area contributed by atoms with Gasteiger partial charge < -0.3 is 10.2 Å². The van der Waals surface area contributed by atoms with Gasteiger partial charge in [-0.1, -0.05) is 0 Å². The number of hydrogen-bond acceptors (Lipinski definition) is 4. The average Bonchev–Trinajstić information content (AvgIpc) is 2.14. The van der Waals surface area contributed by atoms with Crippen LogP contribution in [0.15, 0.2) is 0 Å². The largest absolute Gasteiger partial charge is 0.479 e. The molecule has 3 N–H and O–H groups in total. The van der Waals surface area contributed by atoms with E-state index in [0.29, 0.717) is 0 Å². The molecule has 0 aromatic heterocycles. The molecule has 0 saturated heterocycles. The van der Waals surface area contributed by atoms with E-state index in [-0.39, 0.29) is 13.0 Å². The molecule has 0 heterocycles. The molecule has 0 rings (SSSR count). The fourth-order valence-corrected chi connectivity index (χ4v) is 2.11. The van der Waals surface area contributed by atoms with Crippen molar-refractivity contribution in [1.82, 2.24) is 4.72 Å². The number of carboxylic acid groups (broad SMARTS) is 1. The van der Waals surface area contributed by atoms with Crippen molar-refractivity contribution in [2.75, 3.05) is 12.3 Å². The smallest absolute Gasteiger partial charge is 0.389 e. The van der Waals surface area contributed by atoms with Crippen LogP contribution in [0.2, 0.25) is 0 Å². The highest BCUT2D eigenvalue weighted by Crippen LogP contribution is 2.21. The average molecular weight is 293 g/mol. The number of rotatable bonds is 8. The number of alkyl halides is 3. The van der Waals surface area contributed by atoms with Crippen LogP contribution in [0.4, 0.5) is 13.2 Å². The molecule has 6 nitrogen and oxygen atoms in total. The zero-order valence-corrected chi connectivity index (χ0v) is 10.1. The van der Waals surface area contributed by atoms with E-state index in [2.05, 4.69) is 0 Å². The Balaban J connectivity index is 3.92. The summed E-state index contributed by atoms with van der Waals surface area (Å²) in [6, 6.07) is 0. The molecule has 0 radical (unpaired) electrons. The van der Waals surface area contributed by atoms with Crippen LogP contribution in [0.1, 0.15) is 19.3 Å². The third kappa shape index (κ3) is 9.19. The minimum atomic E-state index is -4.41. The van der Waals surface area contributed by atoms with Gasteiger partial charge in [-0.15, -0.1) is 0 Å². The van der Waals surface area contributed by atoms with Gasteiger partial charge >= 0.3 is 12.1 Å². The Kier molecular flexibility index (Phi) is 6.57. The number of sulfonamides is 1. The molecule has 0 spiro atoms. The van der Waals surface area contributed by atoms with Crippen LogP contribution in [-0.4, -0.2) is 49.2 Å². The van der Waals surface area contributed by atoms with E-state index in [1.54, 1.807) is 0 Å². The minimum Gasteiger partial charge on any atom is -0.479 e. The summed E-state index contributed by atoms with van der Waals surface area (Å²) in [6.07, 6.45) is -8.24. The molecule has 0 saturated carbocycles. The quantitative estimate of drug-likeness (QED) is 0.588. The lowest BCUT2D eigenvalue weighted by atomic mass is 10.3. The lowest BCUT2D eigenvalue weighted by molar-refractivity contribution is -0.146. The maximum atomic E-state index is 11.8. The number of aliphatic hydroxyl groups is 1. The Bertz CT molecular complexity index is 367. The van der Waals surface area contributed by atoms with Crippen molar-refractivity contribution in [1.29, 1.82) is 0 Å². The van der Waals surface area contributed by atoms with E-state index in [0.717, 1.165) is 0 Å². The molecular weight excluding hydrogens is 279 g/mol. The van der Waals surface area contributed by atoms with E-state index >= 15 is 0 Å². The number of aliphatic carboxylic acids is 1. The predicted molar refractivity (Wildman–Crippen MR) is 55.3 cm³/mol. The summed E-state index contributed by atoms with van der Waals surface area (Å²) >= 11 is 0. The molecule has 18 heavy (non-hydrogen) atoms. The Morgan fingerprint density at radius 2 is 1.89 bits per heavy atom. The molecular formula is C8H14F3NO5S. The molecule has 0 aromatic rings. The first-order valence-corrected chi connectivity index (χ1v) is 6.64. The molecule has 0 bridgehead atoms. The van der Waals surface area contributed by atoms with E-state index in [9.17, 15) is 26.4 Å². The first-order valence-electron chi connectivity index (χ1n) is 4.98. The van der Waals surface area contributed by atoms with Gasteiger partial charge in [0, 0.05) is 13.0 Å². The van der Waals surface area contributed by atoms with Crippen LogP contribution in [0.25, 0.3) is 0 Å². The highest BCUT2D eigenvalue weighted by molar-refractivity contribution is 7.89. The molecule has 0 aromatic carbocycles. The van der Waals surface area contributed by atoms with Crippen LogP contribution >= 0.6 is 0 Å². The van der Waals surface area contributed by atoms with Crippen LogP contribution in [0.3, 0.4) is 0 Å². The molecule has 0 aliphatic carbocycles. The Morgan fingerprint density at radius 3 is 2.33 bits per heavy atom. The Labute approximate surface area is 102 Å². The topological polar surface area (TPSA) is 104 Å². The number of carboxylic acids is 1. The summed E-state index contributed by atoms with van der Waals surface area (Å²) in [6.45, 7) is -0.345. The zero-order valence-electron chi connectivity index (χ0n) is 9.27. The monoisotopic (exact) mass is 293 g/mol. The van der Waals surface area contributed by atoms with Gasteiger partial charge in [0.1, 0.15) is 0 Å². The van der Waals surface area contributed by atoms with Gasteiger partial charge in [0.15, 0.2) is 6.10 Å². The molecule has 108 valence electrons. The number of aliphatic hydroxyl groups excluding tert-OH is 1. The van der Waals surface area contributed by atoms with Crippen LogP contribution in [0.5, 0.6) is 0 Å². The summed E-state index contributed by atoms with van der Waals surface area (Å²) in [5.74, 6) is -2.19. The van der Waals surface area contributed by atoms with E-state index in [1.807, 2.05) is 4.72 Å². The Hall–Kier alpha value is -0.870. The molecule has 0 unspecified atom stereocenters. The third-order valence-corrected chi connectivity index (χ3v) is 3.37. The molecule has 0 aliphatic rings. The minimum absolute atomic E-state index is 0.345. The summed E-state index contributed by atoms with van der Waals surface area (Å²) < 4.78 is 59.5. The molecule has 0 fully saturated rings. The second kappa shape index (κ2) is 6.90. The lowest BCUT2D eigenvalue weighted by Crippen LogP contribution is -2.31. The van der Waals surface area contributed by atoms with Crippen molar-refractivity contribution in [3.63, 3.8) is 0 Å². The molecule has 10 heteroatoms. The van der Waals surface area contributed by atoms with Gasteiger partial charge in [0.05, 0.1) is 5.75 Å². The van der Waals surface area contributed by atoms with Crippen molar-refractivity contribution in [2.45, 2.75) is 31.5 Å². The zero-order chi connectivity index (χ0) is 14.4. The van der Waals surface area contributed by atoms with Gasteiger partial charge in [0.2, 0.25) is 10.0 Å². The predicted octanol–water partition coefficient (Wildman–Crippen LogP) is 0.0839. The number of nitrogens with one attached hydrogen (secondary N) is 1. The van der Waals surface area contributed by atoms with Gasteiger partial charge in [-0.2, -0.15) is 13.2 Å². The first kappa shape index (κ1) is 17.1. The maximum absolute atomic E-state index is 11.8. The lowest BCUT2D eigenvalue weighted by Gasteiger charge is -2.09. The summed E-state index contributed by atoms with van der Waals surface area (Å²) in [4.78, 5) is 10.2. The van der Waals surface area contributed by atoms with E-state index in [1.165, 1.54) is 0 Å². The van der Waals surface area contributed by atoms with Crippen LogP contribution in [-0.2, 0) is 14.8 Å². The summed E-state index contributed by atoms with van der Waals surface area (Å²) in [5, 5.41) is 17.1. The standard InChI is InChI=1S/C8H14F3NO5S/c9-8(10,11)3-1-5-18(16,17)12-4-2-6(13)7(14)15/h6,12-13H,1-5H2,(H,14,15)/t6-/m0/s1. The number of hydrogen-bond donors (Lipinski definition) is 3. The highest BCUT2D eigenvalue weighted by atomic mass is 32.2. The van der Waals surface area contributed by atoms with Crippen LogP contribution in [0, 0.1) is 0 Å². The summed E-state index contributed by atoms with van der Waals surface area (Å²) in [7, 11) is -3.88. The number of halogens is 3. The number of carbonyl (C=O) groups is 1. The van der Waals surface area contributed by atoms with Gasteiger partial charge in [-0.3, -0.25) is 0 Å². The van der Waals surface area contributed by atoms with Gasteiger partial charge in [0.25, 0.3) is 0 Å². The van der Waals surface area contributed by atoms with Crippen molar-refractivity contribution in [3.8, 4) is 0 Å². The van der Waals surface area contributed by atoms with Crippen molar-refractivity contribution in [3.05, 3.63) is 0 Å². The van der Waals surface area contributed by atoms with Crippen molar-refractivity contribution in [2.24, 2.45) is 0 Å². The fraction of sp³-hybridized carbons (Fsp3) is 0.875. The SMILES string of the molecule is O=C(O)[C@@H](O)CCNS(=O)(=O)CCCC(F)(F)F. The summed E-state index contributed by atoms with van der Waals surface area (Å²) in [5.41, 5.74) is 0. The molecule has 0 aliphatic heterocycles. The maximum Gasteiger partial charge on any atom is 0.389 e. The third-order valence-electron chi connectivity index (χ3n) is 1.90. The molecule has 1 atom stereocenters. The van der Waals surface area contributed by atoms with E-state index in [4.69, 9.17) is 10.2 Å². The van der Waals surface area contributed by atoms with E-state index < -0.39 is 46.9 Å². The fourth-order valence-electron chi connectivity index (χ4n) is 1.01. The van der Waals surface area contributed by atoms with Gasteiger partial charge in [-0.05, 0) is 12.8 Å². The second-order valence-electron chi connectivity index (χ2n) is 3.57. The highest BCUT2D eigenvalue weighted by Gasteiger charge is 2.27. The van der Waals surface area contributed by atoms with Gasteiger partial charge in [-0.25, -0.2) is 17.9 Å². The normalized spacial score (nSPS) is 14.4. The second-order valence-corrected chi connectivity index (χ2v) is 5.50. The first-order chi connectivity index (χ1) is 8.03. The van der Waals surface area contributed by atoms with Crippen molar-refractivity contribution >= 4 is 16.0 Å². The Morgan fingerprint density at radius 1 is 1.33 bits per heavy atom. The van der Waals surface area contributed by atoms with Crippen LogP contribution < -0.4 is 4.72 Å². The van der Waals surface area contributed by atoms with Crippen molar-refractivity contribution < 1.29 is 36.6 Å². The molecule has 0 amide bonds.